The molecule has 0 fully saturated rings. The van der Waals surface area contributed by atoms with Crippen molar-refractivity contribution in [1.82, 2.24) is 14.7 Å². The normalized spacial score (nSPS) is 10.2. The van der Waals surface area contributed by atoms with E-state index >= 15 is 0 Å². The lowest BCUT2D eigenvalue weighted by Crippen LogP contribution is -2.36. The Kier molecular flexibility index (Phi) is 5.96. The molecule has 1 amide bonds. The van der Waals surface area contributed by atoms with Gasteiger partial charge in [0, 0.05) is 19.8 Å². The third-order valence-electron chi connectivity index (χ3n) is 2.73. The number of amides is 1. The largest absolute Gasteiger partial charge is 0.465 e. The molecule has 0 atom stereocenters. The third-order valence-corrected chi connectivity index (χ3v) is 2.73. The van der Waals surface area contributed by atoms with Crippen LogP contribution < -0.4 is 0 Å². The van der Waals surface area contributed by atoms with Gasteiger partial charge in [0.2, 0.25) is 0 Å². The summed E-state index contributed by atoms with van der Waals surface area (Å²) >= 11 is 0. The molecule has 0 saturated heterocycles. The average Bonchev–Trinajstić information content (AvgIpc) is 2.79. The summed E-state index contributed by atoms with van der Waals surface area (Å²) in [4.78, 5) is 25.4. The first kappa shape index (κ1) is 15.9. The maximum Gasteiger partial charge on any atom is 0.325 e. The van der Waals surface area contributed by atoms with E-state index < -0.39 is 5.97 Å². The first-order chi connectivity index (χ1) is 9.53. The van der Waals surface area contributed by atoms with E-state index in [0.717, 1.165) is 5.69 Å². The predicted molar refractivity (Wildman–Crippen MR) is 75.3 cm³/mol. The number of carbonyl (C=O) groups excluding carboxylic acids is 2. The maximum absolute atomic E-state index is 12.5. The third kappa shape index (κ3) is 3.94. The minimum Gasteiger partial charge on any atom is -0.465 e. The highest BCUT2D eigenvalue weighted by Gasteiger charge is 2.22. The van der Waals surface area contributed by atoms with Gasteiger partial charge in [-0.15, -0.1) is 6.58 Å². The van der Waals surface area contributed by atoms with Gasteiger partial charge in [-0.25, -0.2) is 0 Å². The number of hydrogen-bond acceptors (Lipinski definition) is 4. The number of esters is 1. The van der Waals surface area contributed by atoms with E-state index in [4.69, 9.17) is 4.74 Å². The van der Waals surface area contributed by atoms with Crippen molar-refractivity contribution < 1.29 is 14.3 Å². The second-order valence-electron chi connectivity index (χ2n) is 4.30. The van der Waals surface area contributed by atoms with Gasteiger partial charge in [-0.1, -0.05) is 13.0 Å². The molecule has 1 aromatic rings. The fourth-order valence-corrected chi connectivity index (χ4v) is 1.88. The Morgan fingerprint density at radius 2 is 2.20 bits per heavy atom. The fraction of sp³-hybridized carbons (Fsp3) is 0.500. The standard InChI is InChI=1S/C14H21N3O3/c1-5-8-17(10-13(18)20-7-3)14(19)11-9-16(4)15-12(11)6-2/h5,9H,1,6-8,10H2,2-4H3. The Bertz CT molecular complexity index is 494. The molecule has 1 rings (SSSR count). The van der Waals surface area contributed by atoms with Gasteiger partial charge in [-0.2, -0.15) is 5.10 Å². The van der Waals surface area contributed by atoms with Gasteiger partial charge in [-0.3, -0.25) is 14.3 Å². The van der Waals surface area contributed by atoms with Gasteiger partial charge in [0.05, 0.1) is 17.9 Å². The summed E-state index contributed by atoms with van der Waals surface area (Å²) in [5.74, 6) is -0.660. The molecule has 1 heterocycles. The molecular formula is C14H21N3O3. The zero-order valence-corrected chi connectivity index (χ0v) is 12.3. The van der Waals surface area contributed by atoms with E-state index in [1.54, 1.807) is 30.9 Å². The van der Waals surface area contributed by atoms with Crippen molar-refractivity contribution in [2.24, 2.45) is 7.05 Å². The van der Waals surface area contributed by atoms with Crippen molar-refractivity contribution in [2.45, 2.75) is 20.3 Å². The summed E-state index contributed by atoms with van der Waals surface area (Å²) in [5.41, 5.74) is 1.23. The lowest BCUT2D eigenvalue weighted by molar-refractivity contribution is -0.143. The van der Waals surface area contributed by atoms with Crippen LogP contribution in [0.1, 0.15) is 29.9 Å². The first-order valence-corrected chi connectivity index (χ1v) is 6.61. The lowest BCUT2D eigenvalue weighted by atomic mass is 10.2. The van der Waals surface area contributed by atoms with E-state index in [1.165, 1.54) is 4.90 Å². The summed E-state index contributed by atoms with van der Waals surface area (Å²) in [7, 11) is 1.76. The zero-order chi connectivity index (χ0) is 15.1. The van der Waals surface area contributed by atoms with Crippen LogP contribution in [-0.2, 0) is 23.0 Å². The number of carbonyl (C=O) groups is 2. The van der Waals surface area contributed by atoms with Crippen LogP contribution in [0.15, 0.2) is 18.9 Å². The molecule has 0 aliphatic rings. The Hall–Kier alpha value is -2.11. The van der Waals surface area contributed by atoms with Crippen LogP contribution >= 0.6 is 0 Å². The first-order valence-electron chi connectivity index (χ1n) is 6.61. The molecule has 1 aromatic heterocycles. The summed E-state index contributed by atoms with van der Waals surface area (Å²) in [5, 5.41) is 4.24. The van der Waals surface area contributed by atoms with Gasteiger partial charge in [0.1, 0.15) is 6.54 Å². The maximum atomic E-state index is 12.5. The van der Waals surface area contributed by atoms with Crippen molar-refractivity contribution in [3.63, 3.8) is 0 Å². The van der Waals surface area contributed by atoms with Gasteiger partial charge < -0.3 is 9.64 Å². The molecular weight excluding hydrogens is 258 g/mol. The molecule has 0 spiro atoms. The molecule has 0 aliphatic carbocycles. The van der Waals surface area contributed by atoms with Crippen LogP contribution in [0, 0.1) is 0 Å². The van der Waals surface area contributed by atoms with Gasteiger partial charge >= 0.3 is 5.97 Å². The van der Waals surface area contributed by atoms with E-state index in [2.05, 4.69) is 11.7 Å². The highest BCUT2D eigenvalue weighted by molar-refractivity contribution is 5.96. The van der Waals surface area contributed by atoms with Crippen molar-refractivity contribution >= 4 is 11.9 Å². The SMILES string of the molecule is C=CCN(CC(=O)OCC)C(=O)c1cn(C)nc1CC. The molecule has 20 heavy (non-hydrogen) atoms. The van der Waals surface area contributed by atoms with Crippen LogP contribution in [0.5, 0.6) is 0 Å². The number of rotatable bonds is 7. The molecule has 0 aliphatic heterocycles. The number of aromatic nitrogens is 2. The Balaban J connectivity index is 2.92. The molecule has 6 heteroatoms. The Morgan fingerprint density at radius 1 is 1.50 bits per heavy atom. The molecule has 0 radical (unpaired) electrons. The predicted octanol–water partition coefficient (Wildman–Crippen LogP) is 1.17. The van der Waals surface area contributed by atoms with E-state index in [1.807, 2.05) is 6.92 Å². The highest BCUT2D eigenvalue weighted by Crippen LogP contribution is 2.11. The summed E-state index contributed by atoms with van der Waals surface area (Å²) in [6.45, 7) is 7.77. The van der Waals surface area contributed by atoms with E-state index in [9.17, 15) is 9.59 Å². The molecule has 0 bridgehead atoms. The average molecular weight is 279 g/mol. The second-order valence-corrected chi connectivity index (χ2v) is 4.30. The second kappa shape index (κ2) is 7.47. The van der Waals surface area contributed by atoms with Crippen LogP contribution in [0.4, 0.5) is 0 Å². The molecule has 0 saturated carbocycles. The van der Waals surface area contributed by atoms with Crippen LogP contribution in [0.25, 0.3) is 0 Å². The Morgan fingerprint density at radius 3 is 2.75 bits per heavy atom. The molecule has 0 aromatic carbocycles. The number of nitrogens with zero attached hydrogens (tertiary/aromatic N) is 3. The monoisotopic (exact) mass is 279 g/mol. The molecule has 6 nitrogen and oxygen atoms in total. The minimum atomic E-state index is -0.426. The molecule has 110 valence electrons. The van der Waals surface area contributed by atoms with Gasteiger partial charge in [0.25, 0.3) is 5.91 Å². The minimum absolute atomic E-state index is 0.0866. The van der Waals surface area contributed by atoms with Crippen LogP contribution in [0.2, 0.25) is 0 Å². The van der Waals surface area contributed by atoms with E-state index in [0.29, 0.717) is 18.6 Å². The lowest BCUT2D eigenvalue weighted by Gasteiger charge is -2.19. The Labute approximate surface area is 119 Å². The topological polar surface area (TPSA) is 64.4 Å². The smallest absolute Gasteiger partial charge is 0.325 e. The van der Waals surface area contributed by atoms with Gasteiger partial charge in [0.15, 0.2) is 0 Å². The van der Waals surface area contributed by atoms with Crippen molar-refractivity contribution in [2.75, 3.05) is 19.7 Å². The van der Waals surface area contributed by atoms with Crippen LogP contribution in [-0.4, -0.2) is 46.3 Å². The summed E-state index contributed by atoms with van der Waals surface area (Å²) < 4.78 is 6.48. The summed E-state index contributed by atoms with van der Waals surface area (Å²) in [6.07, 6.45) is 3.91. The number of hydrogen-bond donors (Lipinski definition) is 0. The fourth-order valence-electron chi connectivity index (χ4n) is 1.88. The van der Waals surface area contributed by atoms with Crippen molar-refractivity contribution in [1.29, 1.82) is 0 Å². The quantitative estimate of drug-likeness (QED) is 0.555. The molecule has 0 unspecified atom stereocenters. The zero-order valence-electron chi connectivity index (χ0n) is 12.3. The van der Waals surface area contributed by atoms with Crippen molar-refractivity contribution in [3.8, 4) is 0 Å². The summed E-state index contributed by atoms with van der Waals surface area (Å²) in [6, 6.07) is 0. The number of aryl methyl sites for hydroxylation is 2. The van der Waals surface area contributed by atoms with E-state index in [-0.39, 0.29) is 19.0 Å². The number of ether oxygens (including phenoxy) is 1. The van der Waals surface area contributed by atoms with Gasteiger partial charge in [-0.05, 0) is 13.3 Å². The highest BCUT2D eigenvalue weighted by atomic mass is 16.5. The van der Waals surface area contributed by atoms with Crippen molar-refractivity contribution in [3.05, 3.63) is 30.1 Å². The van der Waals surface area contributed by atoms with Crippen LogP contribution in [0.3, 0.4) is 0 Å². The molecule has 0 N–H and O–H groups in total.